The van der Waals surface area contributed by atoms with Crippen molar-refractivity contribution in [2.24, 2.45) is 0 Å². The third kappa shape index (κ3) is 2.96. The van der Waals surface area contributed by atoms with E-state index in [4.69, 9.17) is 10.5 Å². The highest BCUT2D eigenvalue weighted by atomic mass is 16.5. The van der Waals surface area contributed by atoms with E-state index in [-0.39, 0.29) is 23.7 Å². The van der Waals surface area contributed by atoms with Gasteiger partial charge in [-0.25, -0.2) is 14.3 Å². The number of nitrogens with two attached hydrogens (primary N) is 1. The quantitative estimate of drug-likeness (QED) is 0.793. The van der Waals surface area contributed by atoms with Gasteiger partial charge in [-0.3, -0.25) is 0 Å². The van der Waals surface area contributed by atoms with Crippen LogP contribution in [0.5, 0.6) is 0 Å². The zero-order valence-corrected chi connectivity index (χ0v) is 11.4. The number of rotatable bonds is 4. The second-order valence-electron chi connectivity index (χ2n) is 3.87. The molecule has 0 aliphatic heterocycles. The largest absolute Gasteiger partial charge is 0.464 e. The Labute approximate surface area is 119 Å². The summed E-state index contributed by atoms with van der Waals surface area (Å²) in [5.74, 6) is -0.918. The first-order valence-electron chi connectivity index (χ1n) is 6.01. The van der Waals surface area contributed by atoms with Crippen LogP contribution in [0.15, 0.2) is 18.3 Å². The molecule has 0 amide bonds. The molecule has 0 spiro atoms. The Kier molecular flexibility index (Phi) is 4.12. The van der Waals surface area contributed by atoms with Gasteiger partial charge >= 0.3 is 11.9 Å². The molecule has 0 saturated heterocycles. The summed E-state index contributed by atoms with van der Waals surface area (Å²) in [5.41, 5.74) is 5.92. The van der Waals surface area contributed by atoms with Crippen LogP contribution in [0.25, 0.3) is 5.82 Å². The number of esters is 2. The molecule has 0 radical (unpaired) electrons. The zero-order chi connectivity index (χ0) is 15.4. The summed E-state index contributed by atoms with van der Waals surface area (Å²) < 4.78 is 10.6. The van der Waals surface area contributed by atoms with E-state index in [0.717, 1.165) is 0 Å². The highest BCUT2D eigenvalue weighted by molar-refractivity contribution is 5.92. The fraction of sp³-hybridized carbons (Fsp3) is 0.250. The van der Waals surface area contributed by atoms with Crippen molar-refractivity contribution in [1.82, 2.24) is 20.0 Å². The van der Waals surface area contributed by atoms with Crippen molar-refractivity contribution in [3.05, 3.63) is 29.7 Å². The molecule has 21 heavy (non-hydrogen) atoms. The van der Waals surface area contributed by atoms with Crippen LogP contribution in [0.1, 0.15) is 27.9 Å². The lowest BCUT2D eigenvalue weighted by atomic mass is 10.4. The highest BCUT2D eigenvalue weighted by Crippen LogP contribution is 2.13. The summed E-state index contributed by atoms with van der Waals surface area (Å²) in [6, 6.07) is 2.93. The fourth-order valence-electron chi connectivity index (χ4n) is 1.52. The molecule has 110 valence electrons. The van der Waals surface area contributed by atoms with E-state index < -0.39 is 11.9 Å². The van der Waals surface area contributed by atoms with E-state index in [1.807, 2.05) is 0 Å². The number of nitrogens with zero attached hydrogens (tertiary/aromatic N) is 4. The van der Waals surface area contributed by atoms with Crippen LogP contribution in [-0.4, -0.2) is 45.6 Å². The Morgan fingerprint density at radius 3 is 2.62 bits per heavy atom. The highest BCUT2D eigenvalue weighted by Gasteiger charge is 2.17. The molecule has 2 heterocycles. The molecule has 2 aromatic rings. The normalized spacial score (nSPS) is 10.2. The summed E-state index contributed by atoms with van der Waals surface area (Å²) in [5, 5.41) is 11.5. The summed E-state index contributed by atoms with van der Waals surface area (Å²) in [6.07, 6.45) is 1.41. The molecule has 0 bridgehead atoms. The maximum Gasteiger partial charge on any atom is 0.361 e. The minimum Gasteiger partial charge on any atom is -0.464 e. The van der Waals surface area contributed by atoms with Crippen molar-refractivity contribution in [1.29, 1.82) is 0 Å². The average Bonchev–Trinajstić information content (AvgIpc) is 2.89. The maximum absolute atomic E-state index is 11.6. The molecular weight excluding hydrogens is 278 g/mol. The number of hydrogen-bond acceptors (Lipinski definition) is 8. The van der Waals surface area contributed by atoms with Gasteiger partial charge in [0.05, 0.1) is 25.6 Å². The van der Waals surface area contributed by atoms with Gasteiger partial charge in [0.25, 0.3) is 0 Å². The van der Waals surface area contributed by atoms with Crippen molar-refractivity contribution in [2.75, 3.05) is 19.5 Å². The smallest absolute Gasteiger partial charge is 0.361 e. The van der Waals surface area contributed by atoms with Crippen molar-refractivity contribution in [3.8, 4) is 5.82 Å². The molecule has 0 unspecified atom stereocenters. The standard InChI is InChI=1S/C12H13N5O4/c1-3-21-12(19)10-7(13)6-17(16-10)9-5-4-8(14-15-9)11(18)20-2/h4-6H,3,13H2,1-2H3. The first-order valence-corrected chi connectivity index (χ1v) is 6.01. The monoisotopic (exact) mass is 291 g/mol. The molecule has 0 aliphatic carbocycles. The van der Waals surface area contributed by atoms with Gasteiger partial charge in [-0.15, -0.1) is 10.2 Å². The lowest BCUT2D eigenvalue weighted by molar-refractivity contribution is 0.0519. The fourth-order valence-corrected chi connectivity index (χ4v) is 1.52. The number of aromatic nitrogens is 4. The first kappa shape index (κ1) is 14.4. The zero-order valence-electron chi connectivity index (χ0n) is 11.4. The number of anilines is 1. The van der Waals surface area contributed by atoms with E-state index in [1.165, 1.54) is 30.1 Å². The predicted octanol–water partition coefficient (Wildman–Crippen LogP) is 0.208. The van der Waals surface area contributed by atoms with Gasteiger partial charge in [0.1, 0.15) is 0 Å². The van der Waals surface area contributed by atoms with Crippen molar-refractivity contribution < 1.29 is 19.1 Å². The molecule has 0 aliphatic rings. The summed E-state index contributed by atoms with van der Waals surface area (Å²) >= 11 is 0. The van der Waals surface area contributed by atoms with Crippen molar-refractivity contribution in [3.63, 3.8) is 0 Å². The van der Waals surface area contributed by atoms with Gasteiger partial charge in [0.15, 0.2) is 17.2 Å². The van der Waals surface area contributed by atoms with Gasteiger partial charge in [0, 0.05) is 0 Å². The van der Waals surface area contributed by atoms with Gasteiger partial charge in [-0.05, 0) is 19.1 Å². The maximum atomic E-state index is 11.6. The summed E-state index contributed by atoms with van der Waals surface area (Å²) in [4.78, 5) is 22.9. The minimum absolute atomic E-state index is 0.00399. The molecule has 2 N–H and O–H groups in total. The lowest BCUT2D eigenvalue weighted by Gasteiger charge is -2.00. The second kappa shape index (κ2) is 5.99. The molecular formula is C12H13N5O4. The Balaban J connectivity index is 2.28. The Morgan fingerprint density at radius 2 is 2.05 bits per heavy atom. The van der Waals surface area contributed by atoms with Crippen LogP contribution in [0.4, 0.5) is 5.69 Å². The molecule has 9 heteroatoms. The lowest BCUT2D eigenvalue weighted by Crippen LogP contribution is -2.10. The molecule has 0 atom stereocenters. The average molecular weight is 291 g/mol. The summed E-state index contributed by atoms with van der Waals surface area (Å²) in [7, 11) is 1.25. The molecule has 0 aromatic carbocycles. The van der Waals surface area contributed by atoms with Crippen LogP contribution in [0.2, 0.25) is 0 Å². The van der Waals surface area contributed by atoms with Crippen molar-refractivity contribution >= 4 is 17.6 Å². The van der Waals surface area contributed by atoms with Crippen LogP contribution >= 0.6 is 0 Å². The van der Waals surface area contributed by atoms with Gasteiger partial charge in [-0.1, -0.05) is 0 Å². The number of ether oxygens (including phenoxy) is 2. The molecule has 9 nitrogen and oxygen atoms in total. The van der Waals surface area contributed by atoms with E-state index in [0.29, 0.717) is 5.82 Å². The van der Waals surface area contributed by atoms with Crippen LogP contribution in [-0.2, 0) is 9.47 Å². The molecule has 0 saturated carbocycles. The molecule has 2 aromatic heterocycles. The van der Waals surface area contributed by atoms with E-state index in [9.17, 15) is 9.59 Å². The predicted molar refractivity (Wildman–Crippen MR) is 70.9 cm³/mol. The number of carbonyl (C=O) groups excluding carboxylic acids is 2. The second-order valence-corrected chi connectivity index (χ2v) is 3.87. The minimum atomic E-state index is -0.618. The third-order valence-corrected chi connectivity index (χ3v) is 2.49. The molecule has 0 fully saturated rings. The Bertz CT molecular complexity index is 665. The van der Waals surface area contributed by atoms with Crippen LogP contribution in [0, 0.1) is 0 Å². The SMILES string of the molecule is CCOC(=O)c1nn(-c2ccc(C(=O)OC)nn2)cc1N. The number of nitrogen functional groups attached to an aromatic ring is 1. The number of methoxy groups -OCH3 is 1. The number of hydrogen-bond donors (Lipinski definition) is 1. The number of carbonyl (C=O) groups is 2. The molecule has 2 rings (SSSR count). The van der Waals surface area contributed by atoms with Gasteiger partial charge < -0.3 is 15.2 Å². The summed E-state index contributed by atoms with van der Waals surface area (Å²) in [6.45, 7) is 1.90. The third-order valence-electron chi connectivity index (χ3n) is 2.49. The van der Waals surface area contributed by atoms with Gasteiger partial charge in [-0.2, -0.15) is 5.10 Å². The topological polar surface area (TPSA) is 122 Å². The van der Waals surface area contributed by atoms with E-state index in [1.54, 1.807) is 6.92 Å². The van der Waals surface area contributed by atoms with Crippen molar-refractivity contribution in [2.45, 2.75) is 6.92 Å². The Hall–Kier alpha value is -2.97. The van der Waals surface area contributed by atoms with Crippen LogP contribution in [0.3, 0.4) is 0 Å². The first-order chi connectivity index (χ1) is 10.1. The van der Waals surface area contributed by atoms with Crippen LogP contribution < -0.4 is 5.73 Å². The van der Waals surface area contributed by atoms with Gasteiger partial charge in [0.2, 0.25) is 0 Å². The Morgan fingerprint density at radius 1 is 1.29 bits per heavy atom. The van der Waals surface area contributed by atoms with E-state index >= 15 is 0 Å². The van der Waals surface area contributed by atoms with E-state index in [2.05, 4.69) is 20.0 Å².